The second-order valence-electron chi connectivity index (χ2n) is 11.6. The van der Waals surface area contributed by atoms with Crippen LogP contribution in [0.5, 0.6) is 0 Å². The minimum Gasteiger partial charge on any atom is -0.404 e. The van der Waals surface area contributed by atoms with Gasteiger partial charge in [-0.15, -0.1) is 0 Å². The maximum Gasteiger partial charge on any atom is 0.419 e. The molecule has 4 saturated carbocycles. The molecule has 3 nitrogen and oxygen atoms in total. The highest BCUT2D eigenvalue weighted by Crippen LogP contribution is 2.65. The van der Waals surface area contributed by atoms with Gasteiger partial charge >= 0.3 is 6.18 Å². The quantitative estimate of drug-likeness (QED) is 0.518. The van der Waals surface area contributed by atoms with Crippen molar-refractivity contribution in [3.05, 3.63) is 11.8 Å². The summed E-state index contributed by atoms with van der Waals surface area (Å²) in [4.78, 5) is 17.1. The molecule has 0 aromatic heterocycles. The highest BCUT2D eigenvalue weighted by atomic mass is 19.4. The average molecular weight is 453 g/mol. The summed E-state index contributed by atoms with van der Waals surface area (Å²) in [5, 5.41) is 0. The molecule has 0 aromatic rings. The Morgan fingerprint density at radius 2 is 1.78 bits per heavy atom. The van der Waals surface area contributed by atoms with E-state index in [9.17, 15) is 18.0 Å². The fourth-order valence-electron chi connectivity index (χ4n) is 8.68. The number of ketones is 1. The molecule has 180 valence electrons. The molecule has 0 amide bonds. The molecule has 0 heterocycles. The van der Waals surface area contributed by atoms with Crippen LogP contribution in [0.15, 0.2) is 16.8 Å². The molecule has 0 aromatic carbocycles. The van der Waals surface area contributed by atoms with Crippen LogP contribution in [0.4, 0.5) is 13.2 Å². The molecule has 6 heteroatoms. The third-order valence-electron chi connectivity index (χ3n) is 9.89. The first-order valence-corrected chi connectivity index (χ1v) is 12.6. The Balaban J connectivity index is 1.47. The summed E-state index contributed by atoms with van der Waals surface area (Å²) < 4.78 is 38.6. The van der Waals surface area contributed by atoms with Crippen LogP contribution < -0.4 is 5.73 Å². The molecule has 9 atom stereocenters. The fourth-order valence-corrected chi connectivity index (χ4v) is 8.68. The third kappa shape index (κ3) is 4.16. The molecule has 0 saturated heterocycles. The predicted molar refractivity (Wildman–Crippen MR) is 121 cm³/mol. The van der Waals surface area contributed by atoms with Crippen molar-refractivity contribution in [3.8, 4) is 0 Å². The number of aliphatic imine (C=N–C) groups is 1. The number of nitrogens with two attached hydrogens (primary N) is 1. The first-order chi connectivity index (χ1) is 15.1. The minimum absolute atomic E-state index is 0.00377. The number of alkyl halides is 3. The van der Waals surface area contributed by atoms with Gasteiger partial charge in [0.25, 0.3) is 0 Å². The van der Waals surface area contributed by atoms with Crippen molar-refractivity contribution in [1.29, 1.82) is 0 Å². The summed E-state index contributed by atoms with van der Waals surface area (Å²) in [5.41, 5.74) is 4.04. The zero-order valence-corrected chi connectivity index (χ0v) is 19.7. The van der Waals surface area contributed by atoms with Gasteiger partial charge in [0.15, 0.2) is 5.78 Å². The van der Waals surface area contributed by atoms with Crippen LogP contribution in [0.25, 0.3) is 0 Å². The SMILES string of the molecule is CC1CCC2C(CCC3C2CCC2(C)C3CC(C)C2C(=O)CN=CC(=CN)C(F)(F)F)C1. The average Bonchev–Trinajstić information content (AvgIpc) is 2.99. The first kappa shape index (κ1) is 23.8. The lowest BCUT2D eigenvalue weighted by Crippen LogP contribution is -2.49. The van der Waals surface area contributed by atoms with Gasteiger partial charge in [-0.2, -0.15) is 13.2 Å². The number of allylic oxidation sites excluding steroid dienone is 1. The van der Waals surface area contributed by atoms with E-state index in [4.69, 9.17) is 5.73 Å². The lowest BCUT2D eigenvalue weighted by atomic mass is 9.49. The Morgan fingerprint density at radius 3 is 2.47 bits per heavy atom. The number of fused-ring (bicyclic) bond motifs is 5. The van der Waals surface area contributed by atoms with Crippen LogP contribution in [0.2, 0.25) is 0 Å². The van der Waals surface area contributed by atoms with E-state index >= 15 is 0 Å². The second kappa shape index (κ2) is 8.79. The zero-order chi connectivity index (χ0) is 23.3. The van der Waals surface area contributed by atoms with Gasteiger partial charge in [0, 0.05) is 18.3 Å². The lowest BCUT2D eigenvalue weighted by Gasteiger charge is -2.56. The van der Waals surface area contributed by atoms with E-state index < -0.39 is 11.7 Å². The van der Waals surface area contributed by atoms with Crippen LogP contribution in [-0.4, -0.2) is 24.7 Å². The number of nitrogens with zero attached hydrogens (tertiary/aromatic N) is 1. The number of carbonyl (C=O) groups is 1. The molecular formula is C26H39F3N2O. The molecule has 0 spiro atoms. The molecule has 4 aliphatic carbocycles. The van der Waals surface area contributed by atoms with Crippen molar-refractivity contribution in [3.63, 3.8) is 0 Å². The molecule has 4 aliphatic rings. The van der Waals surface area contributed by atoms with Gasteiger partial charge in [-0.05, 0) is 91.8 Å². The molecule has 2 N–H and O–H groups in total. The fraction of sp³-hybridized carbons (Fsp3) is 0.846. The van der Waals surface area contributed by atoms with Gasteiger partial charge < -0.3 is 5.73 Å². The van der Waals surface area contributed by atoms with Crippen molar-refractivity contribution in [2.75, 3.05) is 6.54 Å². The maximum absolute atomic E-state index is 13.2. The second-order valence-corrected chi connectivity index (χ2v) is 11.6. The summed E-state index contributed by atoms with van der Waals surface area (Å²) in [5.74, 6) is 4.87. The maximum atomic E-state index is 13.2. The number of halogens is 3. The minimum atomic E-state index is -4.55. The van der Waals surface area contributed by atoms with Crippen LogP contribution in [0, 0.1) is 52.8 Å². The van der Waals surface area contributed by atoms with E-state index in [1.165, 1.54) is 38.5 Å². The van der Waals surface area contributed by atoms with Crippen LogP contribution >= 0.6 is 0 Å². The summed E-state index contributed by atoms with van der Waals surface area (Å²) in [7, 11) is 0. The highest BCUT2D eigenvalue weighted by Gasteiger charge is 2.60. The van der Waals surface area contributed by atoms with Gasteiger partial charge in [0.05, 0.1) is 12.1 Å². The Bertz CT molecular complexity index is 776. The van der Waals surface area contributed by atoms with Crippen molar-refractivity contribution < 1.29 is 18.0 Å². The lowest BCUT2D eigenvalue weighted by molar-refractivity contribution is -0.130. The molecule has 0 radical (unpaired) electrons. The molecule has 0 bridgehead atoms. The van der Waals surface area contributed by atoms with E-state index in [0.717, 1.165) is 36.5 Å². The van der Waals surface area contributed by atoms with Gasteiger partial charge in [-0.25, -0.2) is 0 Å². The Morgan fingerprint density at radius 1 is 1.06 bits per heavy atom. The van der Waals surface area contributed by atoms with E-state index in [2.05, 4.69) is 25.8 Å². The third-order valence-corrected chi connectivity index (χ3v) is 9.89. The van der Waals surface area contributed by atoms with E-state index in [0.29, 0.717) is 24.3 Å². The van der Waals surface area contributed by atoms with Gasteiger partial charge in [0.2, 0.25) is 0 Å². The smallest absolute Gasteiger partial charge is 0.404 e. The summed E-state index contributed by atoms with van der Waals surface area (Å²) in [6.45, 7) is 6.67. The largest absolute Gasteiger partial charge is 0.419 e. The summed E-state index contributed by atoms with van der Waals surface area (Å²) >= 11 is 0. The molecule has 0 aliphatic heterocycles. The monoisotopic (exact) mass is 452 g/mol. The number of Topliss-reactive ketones (excluding diaryl/α,β-unsaturated/α-hetero) is 1. The Hall–Kier alpha value is -1.33. The van der Waals surface area contributed by atoms with E-state index in [1.54, 1.807) is 0 Å². The Labute approximate surface area is 190 Å². The van der Waals surface area contributed by atoms with Crippen LogP contribution in [0.3, 0.4) is 0 Å². The molecular weight excluding hydrogens is 413 g/mol. The van der Waals surface area contributed by atoms with Gasteiger partial charge in [0.1, 0.15) is 0 Å². The van der Waals surface area contributed by atoms with Crippen molar-refractivity contribution in [2.24, 2.45) is 63.5 Å². The predicted octanol–water partition coefficient (Wildman–Crippen LogP) is 6.18. The van der Waals surface area contributed by atoms with Crippen molar-refractivity contribution >= 4 is 12.0 Å². The highest BCUT2D eigenvalue weighted by molar-refractivity contribution is 5.88. The topological polar surface area (TPSA) is 55.5 Å². The van der Waals surface area contributed by atoms with Gasteiger partial charge in [-0.3, -0.25) is 9.79 Å². The number of hydrogen-bond donors (Lipinski definition) is 1. The molecule has 4 rings (SSSR count). The van der Waals surface area contributed by atoms with Crippen molar-refractivity contribution in [2.45, 2.75) is 78.3 Å². The standard InChI is InChI=1S/C26H39F3N2O/c1-15-4-6-19-17(10-15)5-7-21-20(19)8-9-25(3)22(21)11-16(2)24(25)23(32)14-31-13-18(12-30)26(27,28)29/h12-13,15-17,19-22,24H,4-11,14,30H2,1-3H3. The van der Waals surface area contributed by atoms with E-state index in [1.807, 2.05) is 0 Å². The number of carbonyl (C=O) groups excluding carboxylic acids is 1. The summed E-state index contributed by atoms with van der Waals surface area (Å²) in [6.07, 6.45) is 6.77. The normalized spacial score (nSPS) is 44.8. The molecule has 32 heavy (non-hydrogen) atoms. The Kier molecular flexibility index (Phi) is 6.54. The van der Waals surface area contributed by atoms with Crippen LogP contribution in [0.1, 0.15) is 72.1 Å². The van der Waals surface area contributed by atoms with Gasteiger partial charge in [-0.1, -0.05) is 27.2 Å². The molecule has 4 fully saturated rings. The first-order valence-electron chi connectivity index (χ1n) is 12.6. The van der Waals surface area contributed by atoms with Crippen molar-refractivity contribution in [1.82, 2.24) is 0 Å². The van der Waals surface area contributed by atoms with Crippen LogP contribution in [-0.2, 0) is 4.79 Å². The molecule has 9 unspecified atom stereocenters. The number of hydrogen-bond acceptors (Lipinski definition) is 3. The summed E-state index contributed by atoms with van der Waals surface area (Å²) in [6, 6.07) is 0. The zero-order valence-electron chi connectivity index (χ0n) is 19.7. The van der Waals surface area contributed by atoms with E-state index in [-0.39, 0.29) is 29.6 Å². The number of rotatable bonds is 4.